The minimum atomic E-state index is -0.522. The van der Waals surface area contributed by atoms with Crippen LogP contribution in [0.5, 0.6) is 0 Å². The molecule has 1 aliphatic rings. The van der Waals surface area contributed by atoms with Gasteiger partial charge in [-0.05, 0) is 56.0 Å². The SMILES string of the molecule is [B]c1ccc(NC(=O)C2(c3ccc(-c4cnc(-n5c(C)ccc5C)nc4)cc3)CCC2)nc1. The summed E-state index contributed by atoms with van der Waals surface area (Å²) in [6.45, 7) is 4.08. The van der Waals surface area contributed by atoms with E-state index in [1.54, 1.807) is 18.3 Å². The fourth-order valence-corrected chi connectivity index (χ4v) is 4.44. The monoisotopic (exact) mass is 433 g/mol. The summed E-state index contributed by atoms with van der Waals surface area (Å²) in [6.07, 6.45) is 7.90. The zero-order valence-corrected chi connectivity index (χ0v) is 18.7. The van der Waals surface area contributed by atoms with E-state index in [4.69, 9.17) is 7.85 Å². The maximum Gasteiger partial charge on any atom is 0.236 e. The van der Waals surface area contributed by atoms with E-state index in [-0.39, 0.29) is 5.91 Å². The number of anilines is 1. The van der Waals surface area contributed by atoms with E-state index in [0.717, 1.165) is 47.3 Å². The molecule has 1 aliphatic carbocycles. The Morgan fingerprint density at radius 1 is 0.879 bits per heavy atom. The molecule has 162 valence electrons. The zero-order valence-electron chi connectivity index (χ0n) is 18.7. The van der Waals surface area contributed by atoms with Gasteiger partial charge in [-0.3, -0.25) is 9.36 Å². The topological polar surface area (TPSA) is 72.7 Å². The van der Waals surface area contributed by atoms with Crippen LogP contribution in [-0.2, 0) is 10.2 Å². The van der Waals surface area contributed by atoms with Gasteiger partial charge in [0.1, 0.15) is 13.7 Å². The Bertz CT molecular complexity index is 1270. The lowest BCUT2D eigenvalue weighted by Gasteiger charge is -2.40. The zero-order chi connectivity index (χ0) is 23.0. The van der Waals surface area contributed by atoms with Crippen molar-refractivity contribution in [3.63, 3.8) is 0 Å². The summed E-state index contributed by atoms with van der Waals surface area (Å²) in [6, 6.07) is 15.7. The molecule has 7 heteroatoms. The van der Waals surface area contributed by atoms with Crippen LogP contribution in [0.25, 0.3) is 17.1 Å². The van der Waals surface area contributed by atoms with Gasteiger partial charge in [-0.15, -0.1) is 0 Å². The molecule has 2 radical (unpaired) electrons. The van der Waals surface area contributed by atoms with Crippen molar-refractivity contribution in [2.24, 2.45) is 0 Å². The molecule has 3 aromatic heterocycles. The maximum absolute atomic E-state index is 13.2. The number of benzene rings is 1. The summed E-state index contributed by atoms with van der Waals surface area (Å²) in [5.41, 5.74) is 5.21. The van der Waals surface area contributed by atoms with Crippen LogP contribution in [0.1, 0.15) is 36.2 Å². The van der Waals surface area contributed by atoms with Crippen molar-refractivity contribution in [3.05, 3.63) is 84.1 Å². The van der Waals surface area contributed by atoms with E-state index in [1.807, 2.05) is 55.1 Å². The molecule has 5 rings (SSSR count). The first-order valence-electron chi connectivity index (χ1n) is 11.1. The van der Waals surface area contributed by atoms with Crippen molar-refractivity contribution in [3.8, 4) is 17.1 Å². The highest BCUT2D eigenvalue weighted by atomic mass is 16.2. The van der Waals surface area contributed by atoms with Crippen LogP contribution in [0.3, 0.4) is 0 Å². The number of nitrogens with one attached hydrogen (secondary N) is 1. The summed E-state index contributed by atoms with van der Waals surface area (Å²) in [7, 11) is 5.69. The van der Waals surface area contributed by atoms with E-state index in [0.29, 0.717) is 17.2 Å². The van der Waals surface area contributed by atoms with Crippen LogP contribution in [0, 0.1) is 13.8 Å². The van der Waals surface area contributed by atoms with Gasteiger partial charge in [-0.25, -0.2) is 15.0 Å². The molecule has 0 unspecified atom stereocenters. The van der Waals surface area contributed by atoms with Crippen molar-refractivity contribution < 1.29 is 4.79 Å². The smallest absolute Gasteiger partial charge is 0.236 e. The predicted molar refractivity (Wildman–Crippen MR) is 130 cm³/mol. The molecule has 33 heavy (non-hydrogen) atoms. The molecule has 1 fully saturated rings. The van der Waals surface area contributed by atoms with Crippen molar-refractivity contribution in [1.29, 1.82) is 0 Å². The first kappa shape index (κ1) is 21.1. The Hall–Kier alpha value is -3.74. The number of hydrogen-bond acceptors (Lipinski definition) is 4. The van der Waals surface area contributed by atoms with Gasteiger partial charge in [0, 0.05) is 35.5 Å². The number of pyridine rings is 1. The molecule has 1 N–H and O–H groups in total. The highest BCUT2D eigenvalue weighted by Crippen LogP contribution is 2.45. The third-order valence-corrected chi connectivity index (χ3v) is 6.55. The molecule has 0 spiro atoms. The number of carbonyl (C=O) groups excluding carboxylic acids is 1. The molecule has 0 saturated heterocycles. The molecule has 0 atom stereocenters. The molecule has 1 aromatic carbocycles. The summed E-state index contributed by atoms with van der Waals surface area (Å²) in [5.74, 6) is 1.16. The minimum absolute atomic E-state index is 0.0241. The Kier molecular flexibility index (Phi) is 5.32. The fourth-order valence-electron chi connectivity index (χ4n) is 4.44. The number of aromatic nitrogens is 4. The summed E-state index contributed by atoms with van der Waals surface area (Å²) in [5, 5.41) is 2.96. The van der Waals surface area contributed by atoms with Gasteiger partial charge in [0.25, 0.3) is 0 Å². The fraction of sp³-hybridized carbons (Fsp3) is 0.231. The summed E-state index contributed by atoms with van der Waals surface area (Å²) >= 11 is 0. The van der Waals surface area contributed by atoms with E-state index in [2.05, 4.69) is 32.4 Å². The third kappa shape index (κ3) is 3.84. The normalized spacial score (nSPS) is 14.5. The van der Waals surface area contributed by atoms with Crippen molar-refractivity contribution >= 4 is 25.0 Å². The first-order valence-corrected chi connectivity index (χ1v) is 11.1. The summed E-state index contributed by atoms with van der Waals surface area (Å²) < 4.78 is 2.03. The van der Waals surface area contributed by atoms with Crippen LogP contribution in [0.4, 0.5) is 5.82 Å². The summed E-state index contributed by atoms with van der Waals surface area (Å²) in [4.78, 5) is 26.5. The van der Waals surface area contributed by atoms with Crippen LogP contribution < -0.4 is 10.8 Å². The standard InChI is InChI=1S/C26H24BN5O/c1-17-4-5-18(2)32(17)25-29-14-20(15-30-25)19-6-8-21(9-7-19)26(12-3-13-26)24(33)31-23-11-10-22(27)16-28-23/h4-11,14-16H,3,12-13H2,1-2H3,(H,28,31,33). The van der Waals surface area contributed by atoms with Gasteiger partial charge in [-0.1, -0.05) is 42.2 Å². The maximum atomic E-state index is 13.2. The van der Waals surface area contributed by atoms with Crippen LogP contribution in [0.2, 0.25) is 0 Å². The number of rotatable bonds is 5. The number of aryl methyl sites for hydroxylation is 2. The van der Waals surface area contributed by atoms with Gasteiger partial charge >= 0.3 is 0 Å². The highest BCUT2D eigenvalue weighted by Gasteiger charge is 2.45. The molecular weight excluding hydrogens is 409 g/mol. The van der Waals surface area contributed by atoms with Crippen molar-refractivity contribution in [2.75, 3.05) is 5.32 Å². The second-order valence-corrected chi connectivity index (χ2v) is 8.67. The molecule has 4 aromatic rings. The Morgan fingerprint density at radius 3 is 2.09 bits per heavy atom. The molecule has 1 amide bonds. The quantitative estimate of drug-likeness (QED) is 0.486. The molecular formula is C26H24BN5O. The first-order chi connectivity index (χ1) is 16.0. The number of carbonyl (C=O) groups is 1. The Balaban J connectivity index is 1.36. The molecule has 3 heterocycles. The molecule has 6 nitrogen and oxygen atoms in total. The van der Waals surface area contributed by atoms with Gasteiger partial charge in [0.15, 0.2) is 0 Å². The lowest BCUT2D eigenvalue weighted by atomic mass is 9.63. The Labute approximate surface area is 194 Å². The lowest BCUT2D eigenvalue weighted by molar-refractivity contribution is -0.124. The average molecular weight is 433 g/mol. The van der Waals surface area contributed by atoms with Gasteiger partial charge in [0.05, 0.1) is 5.41 Å². The second-order valence-electron chi connectivity index (χ2n) is 8.67. The predicted octanol–water partition coefficient (Wildman–Crippen LogP) is 3.80. The van der Waals surface area contributed by atoms with Gasteiger partial charge < -0.3 is 5.32 Å². The van der Waals surface area contributed by atoms with Crippen LogP contribution >= 0.6 is 0 Å². The minimum Gasteiger partial charge on any atom is -0.310 e. The van der Waals surface area contributed by atoms with E-state index < -0.39 is 5.41 Å². The number of amides is 1. The van der Waals surface area contributed by atoms with E-state index >= 15 is 0 Å². The van der Waals surface area contributed by atoms with Gasteiger partial charge in [-0.2, -0.15) is 0 Å². The Morgan fingerprint density at radius 2 is 1.55 bits per heavy atom. The molecule has 1 saturated carbocycles. The van der Waals surface area contributed by atoms with Gasteiger partial charge in [0.2, 0.25) is 11.9 Å². The van der Waals surface area contributed by atoms with Crippen LogP contribution in [-0.4, -0.2) is 33.3 Å². The molecule has 0 bridgehead atoms. The number of nitrogens with zero attached hydrogens (tertiary/aromatic N) is 4. The second kappa shape index (κ2) is 8.32. The number of hydrogen-bond donors (Lipinski definition) is 1. The highest BCUT2D eigenvalue weighted by molar-refractivity contribution is 6.32. The van der Waals surface area contributed by atoms with Crippen molar-refractivity contribution in [1.82, 2.24) is 19.5 Å². The third-order valence-electron chi connectivity index (χ3n) is 6.55. The van der Waals surface area contributed by atoms with Crippen molar-refractivity contribution in [2.45, 2.75) is 38.5 Å². The van der Waals surface area contributed by atoms with E-state index in [9.17, 15) is 4.79 Å². The average Bonchev–Trinajstić information content (AvgIpc) is 3.13. The van der Waals surface area contributed by atoms with Crippen LogP contribution in [0.15, 0.2) is 67.1 Å². The molecule has 0 aliphatic heterocycles. The van der Waals surface area contributed by atoms with E-state index in [1.165, 1.54) is 0 Å². The largest absolute Gasteiger partial charge is 0.310 e. The lowest BCUT2D eigenvalue weighted by Crippen LogP contribution is -2.46.